The highest BCUT2D eigenvalue weighted by molar-refractivity contribution is 14.1. The fourth-order valence-corrected chi connectivity index (χ4v) is 2.04. The van der Waals surface area contributed by atoms with Gasteiger partial charge in [0.05, 0.1) is 15.9 Å². The van der Waals surface area contributed by atoms with Crippen LogP contribution in [0.5, 0.6) is 11.5 Å². The van der Waals surface area contributed by atoms with Crippen LogP contribution in [0, 0.1) is 3.57 Å². The molecule has 0 saturated carbocycles. The molecule has 0 radical (unpaired) electrons. The molecule has 0 atom stereocenters. The van der Waals surface area contributed by atoms with Crippen molar-refractivity contribution in [3.63, 3.8) is 0 Å². The van der Waals surface area contributed by atoms with Crippen LogP contribution in [0.4, 0.5) is 5.69 Å². The minimum absolute atomic E-state index is 0.0938. The minimum Gasteiger partial charge on any atom is -0.507 e. The Bertz CT molecular complexity index is 628. The molecular formula is C15H14INO3. The van der Waals surface area contributed by atoms with Crippen molar-refractivity contribution >= 4 is 34.2 Å². The summed E-state index contributed by atoms with van der Waals surface area (Å²) in [5.74, 6) is 0.429. The number of nitrogens with one attached hydrogen (secondary N) is 1. The third kappa shape index (κ3) is 3.41. The number of halogens is 1. The van der Waals surface area contributed by atoms with Gasteiger partial charge in [0.25, 0.3) is 5.91 Å². The number of rotatable bonds is 4. The van der Waals surface area contributed by atoms with Crippen molar-refractivity contribution in [1.29, 1.82) is 0 Å². The average Bonchev–Trinajstić information content (AvgIpc) is 2.44. The van der Waals surface area contributed by atoms with Gasteiger partial charge in [-0.1, -0.05) is 12.1 Å². The summed E-state index contributed by atoms with van der Waals surface area (Å²) in [5, 5.41) is 12.4. The number of carbonyl (C=O) groups excluding carboxylic acids is 1. The number of para-hydroxylation sites is 2. The zero-order valence-electron chi connectivity index (χ0n) is 10.9. The van der Waals surface area contributed by atoms with Gasteiger partial charge < -0.3 is 15.2 Å². The number of hydrogen-bond donors (Lipinski definition) is 2. The molecule has 2 N–H and O–H groups in total. The number of aromatic hydroxyl groups is 1. The lowest BCUT2D eigenvalue weighted by Gasteiger charge is -2.11. The highest BCUT2D eigenvalue weighted by atomic mass is 127. The van der Waals surface area contributed by atoms with Crippen LogP contribution in [-0.2, 0) is 0 Å². The molecule has 0 aromatic heterocycles. The van der Waals surface area contributed by atoms with Crippen molar-refractivity contribution in [2.24, 2.45) is 0 Å². The molecule has 0 aliphatic rings. The van der Waals surface area contributed by atoms with E-state index >= 15 is 0 Å². The highest BCUT2D eigenvalue weighted by Crippen LogP contribution is 2.25. The van der Waals surface area contributed by atoms with Gasteiger partial charge in [0.2, 0.25) is 0 Å². The van der Waals surface area contributed by atoms with E-state index in [2.05, 4.69) is 5.32 Å². The van der Waals surface area contributed by atoms with Gasteiger partial charge in [-0.3, -0.25) is 4.79 Å². The van der Waals surface area contributed by atoms with Crippen LogP contribution in [0.2, 0.25) is 0 Å². The van der Waals surface area contributed by atoms with Crippen LogP contribution in [0.15, 0.2) is 42.5 Å². The first-order chi connectivity index (χ1) is 9.61. The van der Waals surface area contributed by atoms with Crippen molar-refractivity contribution in [3.8, 4) is 11.5 Å². The van der Waals surface area contributed by atoms with Crippen LogP contribution < -0.4 is 10.1 Å². The summed E-state index contributed by atoms with van der Waals surface area (Å²) in [7, 11) is 0. The number of amides is 1. The summed E-state index contributed by atoms with van der Waals surface area (Å²) in [6.45, 7) is 2.41. The van der Waals surface area contributed by atoms with Gasteiger partial charge >= 0.3 is 0 Å². The predicted molar refractivity (Wildman–Crippen MR) is 86.4 cm³/mol. The molecule has 0 spiro atoms. The lowest BCUT2D eigenvalue weighted by Crippen LogP contribution is -2.13. The smallest absolute Gasteiger partial charge is 0.255 e. The summed E-state index contributed by atoms with van der Waals surface area (Å²) in [5.41, 5.74) is 1.01. The van der Waals surface area contributed by atoms with Crippen molar-refractivity contribution in [2.45, 2.75) is 6.92 Å². The van der Waals surface area contributed by atoms with Gasteiger partial charge in [0.15, 0.2) is 0 Å². The molecule has 104 valence electrons. The first kappa shape index (κ1) is 14.6. The molecule has 0 aliphatic carbocycles. The number of phenols is 1. The number of benzene rings is 2. The van der Waals surface area contributed by atoms with E-state index in [4.69, 9.17) is 4.74 Å². The Morgan fingerprint density at radius 1 is 1.30 bits per heavy atom. The molecule has 2 rings (SSSR count). The fourth-order valence-electron chi connectivity index (χ4n) is 1.70. The molecular weight excluding hydrogens is 369 g/mol. The Labute approximate surface area is 130 Å². The van der Waals surface area contributed by atoms with E-state index < -0.39 is 0 Å². The van der Waals surface area contributed by atoms with E-state index in [1.807, 2.05) is 41.6 Å². The van der Waals surface area contributed by atoms with E-state index in [0.717, 1.165) is 0 Å². The summed E-state index contributed by atoms with van der Waals surface area (Å²) in [6.07, 6.45) is 0. The number of hydrogen-bond acceptors (Lipinski definition) is 3. The maximum atomic E-state index is 12.2. The molecule has 0 fully saturated rings. The standard InChI is InChI=1S/C15H14INO3/c1-2-20-14-6-4-3-5-12(14)17-15(19)10-7-8-11(16)13(18)9-10/h3-9,18H,2H2,1H3,(H,17,19). The maximum absolute atomic E-state index is 12.2. The predicted octanol–water partition coefficient (Wildman–Crippen LogP) is 3.65. The molecule has 0 bridgehead atoms. The molecule has 0 aliphatic heterocycles. The first-order valence-electron chi connectivity index (χ1n) is 6.13. The van der Waals surface area contributed by atoms with Crippen LogP contribution in [0.1, 0.15) is 17.3 Å². The summed E-state index contributed by atoms with van der Waals surface area (Å²) in [6, 6.07) is 12.0. The van der Waals surface area contributed by atoms with Gasteiger partial charge in [0, 0.05) is 5.56 Å². The second-order valence-electron chi connectivity index (χ2n) is 4.05. The number of carbonyl (C=O) groups is 1. The number of ether oxygens (including phenoxy) is 1. The lowest BCUT2D eigenvalue weighted by atomic mass is 10.2. The quantitative estimate of drug-likeness (QED) is 0.793. The fraction of sp³-hybridized carbons (Fsp3) is 0.133. The third-order valence-corrected chi connectivity index (χ3v) is 3.56. The first-order valence-corrected chi connectivity index (χ1v) is 7.21. The van der Waals surface area contributed by atoms with E-state index in [-0.39, 0.29) is 11.7 Å². The topological polar surface area (TPSA) is 58.6 Å². The maximum Gasteiger partial charge on any atom is 0.255 e. The Hall–Kier alpha value is -1.76. The van der Waals surface area contributed by atoms with Gasteiger partial charge in [-0.05, 0) is 59.8 Å². The van der Waals surface area contributed by atoms with Gasteiger partial charge in [-0.25, -0.2) is 0 Å². The zero-order valence-corrected chi connectivity index (χ0v) is 13.0. The molecule has 5 heteroatoms. The van der Waals surface area contributed by atoms with Gasteiger partial charge in [-0.2, -0.15) is 0 Å². The van der Waals surface area contributed by atoms with E-state index in [1.165, 1.54) is 6.07 Å². The second kappa shape index (κ2) is 6.60. The Morgan fingerprint density at radius 3 is 2.75 bits per heavy atom. The molecule has 1 amide bonds. The van der Waals surface area contributed by atoms with Crippen LogP contribution in [0.3, 0.4) is 0 Å². The van der Waals surface area contributed by atoms with E-state index in [0.29, 0.717) is 27.2 Å². The Balaban J connectivity index is 2.21. The molecule has 2 aromatic carbocycles. The third-order valence-electron chi connectivity index (χ3n) is 2.64. The summed E-state index contributed by atoms with van der Waals surface area (Å²) < 4.78 is 6.15. The van der Waals surface area contributed by atoms with Crippen molar-refractivity contribution in [2.75, 3.05) is 11.9 Å². The summed E-state index contributed by atoms with van der Waals surface area (Å²) in [4.78, 5) is 12.2. The van der Waals surface area contributed by atoms with Gasteiger partial charge in [-0.15, -0.1) is 0 Å². The SMILES string of the molecule is CCOc1ccccc1NC(=O)c1ccc(I)c(O)c1. The Morgan fingerprint density at radius 2 is 2.05 bits per heavy atom. The van der Waals surface area contributed by atoms with Crippen LogP contribution >= 0.6 is 22.6 Å². The monoisotopic (exact) mass is 383 g/mol. The van der Waals surface area contributed by atoms with E-state index in [9.17, 15) is 9.90 Å². The van der Waals surface area contributed by atoms with Gasteiger partial charge in [0.1, 0.15) is 11.5 Å². The molecule has 0 saturated heterocycles. The zero-order chi connectivity index (χ0) is 14.5. The number of phenolic OH excluding ortho intramolecular Hbond substituents is 1. The van der Waals surface area contributed by atoms with Crippen molar-refractivity contribution in [1.82, 2.24) is 0 Å². The molecule has 20 heavy (non-hydrogen) atoms. The normalized spacial score (nSPS) is 10.1. The second-order valence-corrected chi connectivity index (χ2v) is 5.21. The summed E-state index contributed by atoms with van der Waals surface area (Å²) >= 11 is 2.00. The van der Waals surface area contributed by atoms with Crippen LogP contribution in [-0.4, -0.2) is 17.6 Å². The van der Waals surface area contributed by atoms with Crippen LogP contribution in [0.25, 0.3) is 0 Å². The average molecular weight is 383 g/mol. The molecule has 2 aromatic rings. The van der Waals surface area contributed by atoms with E-state index in [1.54, 1.807) is 24.3 Å². The highest BCUT2D eigenvalue weighted by Gasteiger charge is 2.11. The number of anilines is 1. The molecule has 0 heterocycles. The van der Waals surface area contributed by atoms with Crippen molar-refractivity contribution < 1.29 is 14.6 Å². The molecule has 4 nitrogen and oxygen atoms in total. The largest absolute Gasteiger partial charge is 0.507 e. The Kier molecular flexibility index (Phi) is 4.84. The molecule has 0 unspecified atom stereocenters. The van der Waals surface area contributed by atoms with Crippen molar-refractivity contribution in [3.05, 3.63) is 51.6 Å². The minimum atomic E-state index is -0.288. The lowest BCUT2D eigenvalue weighted by molar-refractivity contribution is 0.102.